The Bertz CT molecular complexity index is 1020. The minimum atomic E-state index is -0.627. The van der Waals surface area contributed by atoms with Crippen LogP contribution in [0, 0.1) is 0 Å². The number of piperazine rings is 1. The Morgan fingerprint density at radius 2 is 1.48 bits per heavy atom. The van der Waals surface area contributed by atoms with Crippen molar-refractivity contribution >= 4 is 17.5 Å². The van der Waals surface area contributed by atoms with E-state index in [4.69, 9.17) is 0 Å². The molecule has 2 aromatic carbocycles. The quantitative estimate of drug-likeness (QED) is 0.549. The Kier molecular flexibility index (Phi) is 7.66. The first-order valence-electron chi connectivity index (χ1n) is 11.2. The molecule has 0 unspecified atom stereocenters. The molecule has 0 aliphatic carbocycles. The molecule has 1 fully saturated rings. The number of nitrogens with one attached hydrogen (secondary N) is 2. The van der Waals surface area contributed by atoms with Crippen molar-refractivity contribution in [1.82, 2.24) is 20.5 Å². The summed E-state index contributed by atoms with van der Waals surface area (Å²) < 4.78 is 0. The molecular weight excluding hydrogens is 414 g/mol. The van der Waals surface area contributed by atoms with E-state index >= 15 is 0 Å². The molecule has 1 aliphatic heterocycles. The zero-order chi connectivity index (χ0) is 22.9. The molecular formula is C26H29N5O2. The van der Waals surface area contributed by atoms with Gasteiger partial charge in [0.15, 0.2) is 0 Å². The van der Waals surface area contributed by atoms with Gasteiger partial charge in [0.05, 0.1) is 6.04 Å². The van der Waals surface area contributed by atoms with Crippen LogP contribution in [0.25, 0.3) is 0 Å². The fraction of sp³-hybridized carbons (Fsp3) is 0.269. The van der Waals surface area contributed by atoms with Gasteiger partial charge in [0.2, 0.25) is 0 Å². The fourth-order valence-corrected chi connectivity index (χ4v) is 4.09. The summed E-state index contributed by atoms with van der Waals surface area (Å²) >= 11 is 0. The number of pyridine rings is 1. The molecule has 33 heavy (non-hydrogen) atoms. The van der Waals surface area contributed by atoms with Crippen LogP contribution in [-0.4, -0.2) is 54.4 Å². The number of anilines is 1. The summed E-state index contributed by atoms with van der Waals surface area (Å²) in [5.41, 5.74) is 3.19. The van der Waals surface area contributed by atoms with Crippen LogP contribution in [0.3, 0.4) is 0 Å². The van der Waals surface area contributed by atoms with E-state index < -0.39 is 11.8 Å². The summed E-state index contributed by atoms with van der Waals surface area (Å²) in [5, 5.41) is 5.51. The van der Waals surface area contributed by atoms with Gasteiger partial charge in [-0.1, -0.05) is 54.6 Å². The highest BCUT2D eigenvalue weighted by molar-refractivity contribution is 6.35. The molecule has 2 amide bonds. The molecule has 7 nitrogen and oxygen atoms in total. The normalized spacial score (nSPS) is 15.0. The molecule has 2 heterocycles. The first-order chi connectivity index (χ1) is 16.2. The van der Waals surface area contributed by atoms with Crippen molar-refractivity contribution in [2.24, 2.45) is 0 Å². The Morgan fingerprint density at radius 1 is 0.818 bits per heavy atom. The van der Waals surface area contributed by atoms with Gasteiger partial charge in [0, 0.05) is 57.3 Å². The van der Waals surface area contributed by atoms with Crippen molar-refractivity contribution in [3.8, 4) is 0 Å². The average molecular weight is 444 g/mol. The first-order valence-corrected chi connectivity index (χ1v) is 11.2. The second-order valence-corrected chi connectivity index (χ2v) is 8.04. The van der Waals surface area contributed by atoms with Gasteiger partial charge in [0.25, 0.3) is 0 Å². The van der Waals surface area contributed by atoms with Gasteiger partial charge in [-0.15, -0.1) is 0 Å². The molecule has 170 valence electrons. The van der Waals surface area contributed by atoms with Gasteiger partial charge in [-0.2, -0.15) is 0 Å². The third kappa shape index (κ3) is 6.17. The second kappa shape index (κ2) is 11.2. The molecule has 0 bridgehead atoms. The predicted octanol–water partition coefficient (Wildman–Crippen LogP) is 2.38. The van der Waals surface area contributed by atoms with Gasteiger partial charge in [-0.05, 0) is 29.3 Å². The van der Waals surface area contributed by atoms with Crippen molar-refractivity contribution in [2.75, 3.05) is 37.6 Å². The molecule has 3 aromatic rings. The molecule has 2 N–H and O–H groups in total. The molecule has 4 rings (SSSR count). The zero-order valence-electron chi connectivity index (χ0n) is 18.6. The SMILES string of the molecule is O=C(NCc1ccccc1)C(=O)NC[C@H](c1cccnc1)N1CCN(c2ccccc2)CC1. The van der Waals surface area contributed by atoms with Crippen LogP contribution in [0.5, 0.6) is 0 Å². The maximum Gasteiger partial charge on any atom is 0.309 e. The van der Waals surface area contributed by atoms with E-state index in [1.807, 2.05) is 54.7 Å². The Hall–Kier alpha value is -3.71. The summed E-state index contributed by atoms with van der Waals surface area (Å²) in [4.78, 5) is 33.7. The van der Waals surface area contributed by atoms with Crippen LogP contribution in [-0.2, 0) is 16.1 Å². The number of amides is 2. The zero-order valence-corrected chi connectivity index (χ0v) is 18.6. The third-order valence-corrected chi connectivity index (χ3v) is 5.90. The summed E-state index contributed by atoms with van der Waals surface area (Å²) in [6, 6.07) is 23.8. The molecule has 1 aliphatic rings. The number of benzene rings is 2. The number of carbonyl (C=O) groups excluding carboxylic acids is 2. The highest BCUT2D eigenvalue weighted by atomic mass is 16.2. The summed E-state index contributed by atoms with van der Waals surface area (Å²) in [6.45, 7) is 4.16. The number of hydrogen-bond acceptors (Lipinski definition) is 5. The van der Waals surface area contributed by atoms with Crippen LogP contribution in [0.1, 0.15) is 17.2 Å². The lowest BCUT2D eigenvalue weighted by atomic mass is 10.1. The van der Waals surface area contributed by atoms with E-state index in [-0.39, 0.29) is 6.04 Å². The van der Waals surface area contributed by atoms with Gasteiger partial charge in [0.1, 0.15) is 0 Å². The number of aromatic nitrogens is 1. The fourth-order valence-electron chi connectivity index (χ4n) is 4.09. The molecule has 1 atom stereocenters. The standard InChI is InChI=1S/C26H29N5O2/c32-25(28-18-21-8-3-1-4-9-21)26(33)29-20-24(22-10-7-13-27-19-22)31-16-14-30(15-17-31)23-11-5-2-6-12-23/h1-13,19,24H,14-18,20H2,(H,28,32)(H,29,33)/t24-/m1/s1. The number of rotatable bonds is 7. The van der Waals surface area contributed by atoms with E-state index in [1.165, 1.54) is 5.69 Å². The van der Waals surface area contributed by atoms with E-state index in [1.54, 1.807) is 6.20 Å². The van der Waals surface area contributed by atoms with Crippen LogP contribution in [0.4, 0.5) is 5.69 Å². The maximum atomic E-state index is 12.5. The average Bonchev–Trinajstić information content (AvgIpc) is 2.89. The number of nitrogens with zero attached hydrogens (tertiary/aromatic N) is 3. The van der Waals surface area contributed by atoms with E-state index in [9.17, 15) is 9.59 Å². The van der Waals surface area contributed by atoms with Gasteiger partial charge in [-0.3, -0.25) is 19.5 Å². The van der Waals surface area contributed by atoms with Crippen LogP contribution < -0.4 is 15.5 Å². The van der Waals surface area contributed by atoms with Crippen LogP contribution in [0.2, 0.25) is 0 Å². The van der Waals surface area contributed by atoms with Crippen LogP contribution in [0.15, 0.2) is 85.2 Å². The number of carbonyl (C=O) groups is 2. The Morgan fingerprint density at radius 3 is 2.15 bits per heavy atom. The largest absolute Gasteiger partial charge is 0.369 e. The third-order valence-electron chi connectivity index (χ3n) is 5.90. The molecule has 0 spiro atoms. The monoisotopic (exact) mass is 443 g/mol. The van der Waals surface area contributed by atoms with Gasteiger partial charge >= 0.3 is 11.8 Å². The van der Waals surface area contributed by atoms with Crippen molar-refractivity contribution < 1.29 is 9.59 Å². The van der Waals surface area contributed by atoms with Crippen molar-refractivity contribution in [3.05, 3.63) is 96.3 Å². The number of para-hydroxylation sites is 1. The molecule has 1 aromatic heterocycles. The van der Waals surface area contributed by atoms with Crippen molar-refractivity contribution in [1.29, 1.82) is 0 Å². The van der Waals surface area contributed by atoms with Gasteiger partial charge in [-0.25, -0.2) is 0 Å². The predicted molar refractivity (Wildman–Crippen MR) is 129 cm³/mol. The highest BCUT2D eigenvalue weighted by Gasteiger charge is 2.26. The smallest absolute Gasteiger partial charge is 0.309 e. The molecule has 7 heteroatoms. The topological polar surface area (TPSA) is 77.6 Å². The molecule has 0 saturated carbocycles. The van der Waals surface area contributed by atoms with E-state index in [0.29, 0.717) is 13.1 Å². The lowest BCUT2D eigenvalue weighted by Gasteiger charge is -2.40. The van der Waals surface area contributed by atoms with E-state index in [0.717, 1.165) is 37.3 Å². The van der Waals surface area contributed by atoms with Crippen LogP contribution >= 0.6 is 0 Å². The van der Waals surface area contributed by atoms with Gasteiger partial charge < -0.3 is 15.5 Å². The minimum absolute atomic E-state index is 0.0532. The summed E-state index contributed by atoms with van der Waals surface area (Å²) in [5.74, 6) is -1.25. The molecule has 1 saturated heterocycles. The Labute approximate surface area is 194 Å². The minimum Gasteiger partial charge on any atom is -0.369 e. The second-order valence-electron chi connectivity index (χ2n) is 8.04. The van der Waals surface area contributed by atoms with Crippen molar-refractivity contribution in [3.63, 3.8) is 0 Å². The summed E-state index contributed by atoms with van der Waals surface area (Å²) in [7, 11) is 0. The molecule has 0 radical (unpaired) electrons. The highest BCUT2D eigenvalue weighted by Crippen LogP contribution is 2.23. The number of hydrogen-bond donors (Lipinski definition) is 2. The Balaban J connectivity index is 1.34. The lowest BCUT2D eigenvalue weighted by molar-refractivity contribution is -0.139. The van der Waals surface area contributed by atoms with E-state index in [2.05, 4.69) is 49.7 Å². The lowest BCUT2D eigenvalue weighted by Crippen LogP contribution is -2.50. The van der Waals surface area contributed by atoms with Crippen molar-refractivity contribution in [2.45, 2.75) is 12.6 Å². The summed E-state index contributed by atoms with van der Waals surface area (Å²) in [6.07, 6.45) is 3.57. The maximum absolute atomic E-state index is 12.5. The first kappa shape index (κ1) is 22.5.